The van der Waals surface area contributed by atoms with Crippen LogP contribution in [0.3, 0.4) is 0 Å². The first-order chi connectivity index (χ1) is 10.4. The maximum absolute atomic E-state index is 9.58. The molecule has 0 atom stereocenters. The second kappa shape index (κ2) is 7.40. The maximum atomic E-state index is 9.58. The van der Waals surface area contributed by atoms with Gasteiger partial charge in [0.1, 0.15) is 0 Å². The molecule has 0 radical (unpaired) electrons. The van der Waals surface area contributed by atoms with E-state index in [1.165, 1.54) is 36.2 Å². The summed E-state index contributed by atoms with van der Waals surface area (Å²) in [5, 5.41) is 16.1. The molecule has 0 saturated carbocycles. The van der Waals surface area contributed by atoms with E-state index in [1.807, 2.05) is 0 Å². The topological polar surface area (TPSA) is 47.6 Å². The average molecular weight is 329 g/mol. The van der Waals surface area contributed by atoms with E-state index in [0.717, 1.165) is 11.1 Å². The number of hydrogen-bond acceptors (Lipinski definition) is 4. The number of hydrogen-bond donors (Lipinski definition) is 0. The molecule has 0 aromatic carbocycles. The molecule has 0 amide bonds. The molecule has 2 nitrogen and oxygen atoms in total. The molecule has 2 aromatic heterocycles. The summed E-state index contributed by atoms with van der Waals surface area (Å²) in [6.45, 7) is 16.2. The van der Waals surface area contributed by atoms with Gasteiger partial charge in [-0.15, -0.1) is 22.7 Å². The lowest BCUT2D eigenvalue weighted by Gasteiger charge is -2.03. The Morgan fingerprint density at radius 3 is 1.73 bits per heavy atom. The SMILES string of the molecule is C#N.Cc1sc(C)c(/C=C(/C#N)c2c(C)sc(C)c2C)c1C. The van der Waals surface area contributed by atoms with Crippen LogP contribution >= 0.6 is 22.7 Å². The maximum Gasteiger partial charge on any atom is 0.0998 e. The fourth-order valence-corrected chi connectivity index (χ4v) is 4.64. The van der Waals surface area contributed by atoms with Crippen LogP contribution in [0, 0.1) is 64.7 Å². The minimum Gasteiger partial charge on any atom is -0.202 e. The highest BCUT2D eigenvalue weighted by Gasteiger charge is 2.15. The second-order valence-corrected chi connectivity index (χ2v) is 8.00. The van der Waals surface area contributed by atoms with E-state index >= 15 is 0 Å². The first-order valence-electron chi connectivity index (χ1n) is 6.88. The van der Waals surface area contributed by atoms with Gasteiger partial charge in [0.05, 0.1) is 11.6 Å². The third-order valence-electron chi connectivity index (χ3n) is 3.86. The zero-order chi connectivity index (χ0) is 17.0. The molecule has 0 unspecified atom stereocenters. The standard InChI is InChI=1S/C17H19NS2.CHN/c1-9-11(3)19-13(5)16(9)7-15(8-18)17-10(2)12(4)20-14(17)6;1-2/h7H,1-6H3;1H/b15-7-;. The van der Waals surface area contributed by atoms with Gasteiger partial charge in [0.15, 0.2) is 0 Å². The van der Waals surface area contributed by atoms with Crippen LogP contribution in [0.25, 0.3) is 11.6 Å². The Morgan fingerprint density at radius 2 is 1.36 bits per heavy atom. The molecule has 0 aliphatic rings. The molecule has 22 heavy (non-hydrogen) atoms. The van der Waals surface area contributed by atoms with Gasteiger partial charge < -0.3 is 0 Å². The van der Waals surface area contributed by atoms with Gasteiger partial charge in [-0.3, -0.25) is 0 Å². The Kier molecular flexibility index (Phi) is 6.11. The molecule has 0 fully saturated rings. The molecule has 0 saturated heterocycles. The largest absolute Gasteiger partial charge is 0.202 e. The fourth-order valence-electron chi connectivity index (χ4n) is 2.52. The summed E-state index contributed by atoms with van der Waals surface area (Å²) < 4.78 is 0. The Bertz CT molecular complexity index is 780. The third-order valence-corrected chi connectivity index (χ3v) is 6.12. The van der Waals surface area contributed by atoms with Crippen molar-refractivity contribution in [3.05, 3.63) is 41.8 Å². The zero-order valence-corrected chi connectivity index (χ0v) is 15.5. The van der Waals surface area contributed by atoms with Crippen molar-refractivity contribution < 1.29 is 0 Å². The van der Waals surface area contributed by atoms with E-state index in [1.54, 1.807) is 22.7 Å². The minimum atomic E-state index is 0.786. The highest BCUT2D eigenvalue weighted by molar-refractivity contribution is 7.12. The van der Waals surface area contributed by atoms with Gasteiger partial charge in [-0.25, -0.2) is 5.26 Å². The van der Waals surface area contributed by atoms with Crippen molar-refractivity contribution in [2.45, 2.75) is 41.5 Å². The Hall–Kier alpha value is -1.88. The van der Waals surface area contributed by atoms with E-state index in [4.69, 9.17) is 5.26 Å². The van der Waals surface area contributed by atoms with Crippen LogP contribution in [0.15, 0.2) is 0 Å². The minimum absolute atomic E-state index is 0.786. The number of nitrogens with zero attached hydrogens (tertiary/aromatic N) is 2. The van der Waals surface area contributed by atoms with Crippen molar-refractivity contribution in [1.29, 1.82) is 10.5 Å². The van der Waals surface area contributed by atoms with Crippen LogP contribution < -0.4 is 0 Å². The number of aryl methyl sites for hydroxylation is 4. The highest BCUT2D eigenvalue weighted by atomic mass is 32.1. The predicted molar refractivity (Wildman–Crippen MR) is 97.2 cm³/mol. The van der Waals surface area contributed by atoms with Crippen molar-refractivity contribution >= 4 is 34.3 Å². The summed E-state index contributed by atoms with van der Waals surface area (Å²) in [7, 11) is 0. The van der Waals surface area contributed by atoms with Crippen LogP contribution in [0.5, 0.6) is 0 Å². The van der Waals surface area contributed by atoms with Crippen molar-refractivity contribution in [3.8, 4) is 12.6 Å². The molecule has 4 heteroatoms. The summed E-state index contributed by atoms with van der Waals surface area (Å²) in [5.41, 5.74) is 5.66. The fraction of sp³-hybridized carbons (Fsp3) is 0.333. The number of nitriles is 2. The van der Waals surface area contributed by atoms with Crippen LogP contribution in [-0.4, -0.2) is 0 Å². The molecule has 0 spiro atoms. The monoisotopic (exact) mass is 328 g/mol. The predicted octanol–water partition coefficient (Wildman–Crippen LogP) is 5.86. The molecule has 114 valence electrons. The Balaban J connectivity index is 0.00000116. The summed E-state index contributed by atoms with van der Waals surface area (Å²) >= 11 is 3.58. The third kappa shape index (κ3) is 3.30. The molecule has 2 rings (SSSR count). The summed E-state index contributed by atoms with van der Waals surface area (Å²) in [6.07, 6.45) is 2.07. The van der Waals surface area contributed by atoms with Gasteiger partial charge in [-0.05, 0) is 64.3 Å². The average Bonchev–Trinajstić information content (AvgIpc) is 2.88. The number of thiophene rings is 2. The second-order valence-electron chi connectivity index (χ2n) is 5.14. The number of allylic oxidation sites excluding steroid dienone is 1. The lowest BCUT2D eigenvalue weighted by Crippen LogP contribution is -1.87. The van der Waals surface area contributed by atoms with Crippen LogP contribution in [0.1, 0.15) is 41.8 Å². The van der Waals surface area contributed by atoms with Gasteiger partial charge in [0, 0.05) is 31.6 Å². The van der Waals surface area contributed by atoms with Crippen molar-refractivity contribution in [2.75, 3.05) is 0 Å². The van der Waals surface area contributed by atoms with Gasteiger partial charge in [-0.1, -0.05) is 0 Å². The van der Waals surface area contributed by atoms with Crippen molar-refractivity contribution in [1.82, 2.24) is 0 Å². The lowest BCUT2D eigenvalue weighted by atomic mass is 9.99. The molecular formula is C18H20N2S2. The van der Waals surface area contributed by atoms with Gasteiger partial charge in [-0.2, -0.15) is 5.26 Å². The van der Waals surface area contributed by atoms with Gasteiger partial charge >= 0.3 is 0 Å². The van der Waals surface area contributed by atoms with Crippen molar-refractivity contribution in [3.63, 3.8) is 0 Å². The molecule has 2 heterocycles. The molecular weight excluding hydrogens is 308 g/mol. The first-order valence-corrected chi connectivity index (χ1v) is 8.51. The molecule has 0 bridgehead atoms. The van der Waals surface area contributed by atoms with Gasteiger partial charge in [0.2, 0.25) is 0 Å². The normalized spacial score (nSPS) is 10.8. The van der Waals surface area contributed by atoms with E-state index in [-0.39, 0.29) is 0 Å². The zero-order valence-electron chi connectivity index (χ0n) is 13.9. The summed E-state index contributed by atoms with van der Waals surface area (Å²) in [5.74, 6) is 0. The van der Waals surface area contributed by atoms with E-state index in [0.29, 0.717) is 0 Å². The highest BCUT2D eigenvalue weighted by Crippen LogP contribution is 2.35. The Labute approximate surface area is 141 Å². The Morgan fingerprint density at radius 1 is 0.864 bits per heavy atom. The first kappa shape index (κ1) is 18.2. The smallest absolute Gasteiger partial charge is 0.0998 e. The summed E-state index contributed by atoms with van der Waals surface area (Å²) in [6, 6.07) is 2.40. The molecule has 0 N–H and O–H groups in total. The quantitative estimate of drug-likeness (QED) is 0.648. The summed E-state index contributed by atoms with van der Waals surface area (Å²) in [4.78, 5) is 5.15. The lowest BCUT2D eigenvalue weighted by molar-refractivity contribution is 1.38. The van der Waals surface area contributed by atoms with Gasteiger partial charge in [0.25, 0.3) is 0 Å². The molecule has 0 aliphatic carbocycles. The molecule has 2 aromatic rings. The number of rotatable bonds is 2. The van der Waals surface area contributed by atoms with Crippen molar-refractivity contribution in [2.24, 2.45) is 0 Å². The van der Waals surface area contributed by atoms with Crippen LogP contribution in [0.2, 0.25) is 0 Å². The van der Waals surface area contributed by atoms with E-state index < -0.39 is 0 Å². The van der Waals surface area contributed by atoms with E-state index in [9.17, 15) is 5.26 Å². The van der Waals surface area contributed by atoms with E-state index in [2.05, 4.69) is 60.3 Å². The molecule has 0 aliphatic heterocycles. The van der Waals surface area contributed by atoms with Crippen LogP contribution in [-0.2, 0) is 0 Å². The van der Waals surface area contributed by atoms with Crippen LogP contribution in [0.4, 0.5) is 0 Å².